The van der Waals surface area contributed by atoms with E-state index in [9.17, 15) is 24.6 Å². The number of nitrogens with one attached hydrogen (secondary N) is 2. The Morgan fingerprint density at radius 3 is 2.43 bits per heavy atom. The molecule has 0 fully saturated rings. The predicted molar refractivity (Wildman–Crippen MR) is 112 cm³/mol. The number of amides is 2. The van der Waals surface area contributed by atoms with Crippen molar-refractivity contribution in [1.29, 1.82) is 0 Å². The summed E-state index contributed by atoms with van der Waals surface area (Å²) in [7, 11) is 1.48. The van der Waals surface area contributed by atoms with Crippen LogP contribution in [0.15, 0.2) is 71.7 Å². The highest BCUT2D eigenvalue weighted by Crippen LogP contribution is 2.25. The second-order valence-corrected chi connectivity index (χ2v) is 6.73. The van der Waals surface area contributed by atoms with Gasteiger partial charge >= 0.3 is 12.0 Å². The zero-order valence-electron chi connectivity index (χ0n) is 16.2. The van der Waals surface area contributed by atoms with Crippen LogP contribution in [0.25, 0.3) is 11.1 Å². The van der Waals surface area contributed by atoms with Crippen LogP contribution in [0, 0.1) is 0 Å². The van der Waals surface area contributed by atoms with Crippen LogP contribution in [0.3, 0.4) is 0 Å². The zero-order chi connectivity index (χ0) is 21.7. The third-order valence-electron chi connectivity index (χ3n) is 4.57. The number of benzene rings is 2. The van der Waals surface area contributed by atoms with Crippen molar-refractivity contribution >= 4 is 17.7 Å². The lowest BCUT2D eigenvalue weighted by Crippen LogP contribution is -2.35. The van der Waals surface area contributed by atoms with Gasteiger partial charge in [-0.25, -0.2) is 4.79 Å². The van der Waals surface area contributed by atoms with E-state index >= 15 is 0 Å². The number of rotatable bonds is 6. The molecule has 3 aromatic rings. The van der Waals surface area contributed by atoms with Gasteiger partial charge in [-0.1, -0.05) is 48.5 Å². The lowest BCUT2D eigenvalue weighted by atomic mass is 9.98. The molecule has 1 aromatic heterocycles. The molecule has 4 N–H and O–H groups in total. The van der Waals surface area contributed by atoms with Gasteiger partial charge < -0.3 is 25.4 Å². The quantitative estimate of drug-likeness (QED) is 0.500. The second-order valence-electron chi connectivity index (χ2n) is 6.73. The normalized spacial score (nSPS) is 11.5. The molecular weight excluding hydrogens is 386 g/mol. The lowest BCUT2D eigenvalue weighted by Gasteiger charge is -2.19. The van der Waals surface area contributed by atoms with Gasteiger partial charge in [0, 0.05) is 13.2 Å². The molecule has 0 bridgehead atoms. The van der Waals surface area contributed by atoms with Crippen LogP contribution in [-0.4, -0.2) is 26.8 Å². The monoisotopic (exact) mass is 407 g/mol. The summed E-state index contributed by atoms with van der Waals surface area (Å²) in [6.45, 7) is 0. The summed E-state index contributed by atoms with van der Waals surface area (Å²) in [6.07, 6.45) is 1.01. The highest BCUT2D eigenvalue weighted by atomic mass is 16.4. The fourth-order valence-electron chi connectivity index (χ4n) is 3.04. The predicted octanol–water partition coefficient (Wildman–Crippen LogP) is 3.10. The molecule has 8 heteroatoms. The average Bonchev–Trinajstić information content (AvgIpc) is 2.74. The third kappa shape index (κ3) is 4.85. The molecule has 8 nitrogen and oxygen atoms in total. The SMILES string of the molecule is Cn1ccc(O)c(NC(=O)NC(CC(=O)O)c2cccc(-c3ccccc3)c2)c1=O. The van der Waals surface area contributed by atoms with Crippen LogP contribution < -0.4 is 16.2 Å². The zero-order valence-corrected chi connectivity index (χ0v) is 16.2. The van der Waals surface area contributed by atoms with Crippen molar-refractivity contribution in [3.05, 3.63) is 82.8 Å². The van der Waals surface area contributed by atoms with Gasteiger partial charge in [0.15, 0.2) is 5.69 Å². The number of urea groups is 1. The standard InChI is InChI=1S/C22H21N3O5/c1-25-11-10-18(26)20(21(25)29)24-22(30)23-17(13-19(27)28)16-9-5-8-15(12-16)14-6-3-2-4-7-14/h2-12,17,26H,13H2,1H3,(H,27,28)(H2,23,24,30). The van der Waals surface area contributed by atoms with Gasteiger partial charge in [-0.3, -0.25) is 9.59 Å². The van der Waals surface area contributed by atoms with Crippen molar-refractivity contribution in [2.24, 2.45) is 7.05 Å². The number of hydrogen-bond acceptors (Lipinski definition) is 4. The Morgan fingerprint density at radius 2 is 1.73 bits per heavy atom. The highest BCUT2D eigenvalue weighted by Gasteiger charge is 2.20. The van der Waals surface area contributed by atoms with Crippen LogP contribution in [0.4, 0.5) is 10.5 Å². The Bertz CT molecular complexity index is 1130. The first-order valence-corrected chi connectivity index (χ1v) is 9.18. The number of anilines is 1. The number of nitrogens with zero attached hydrogens (tertiary/aromatic N) is 1. The summed E-state index contributed by atoms with van der Waals surface area (Å²) in [5.74, 6) is -1.47. The first-order valence-electron chi connectivity index (χ1n) is 9.18. The van der Waals surface area contributed by atoms with Crippen molar-refractivity contribution < 1.29 is 19.8 Å². The van der Waals surface area contributed by atoms with E-state index in [1.165, 1.54) is 23.9 Å². The molecule has 0 spiro atoms. The van der Waals surface area contributed by atoms with Gasteiger partial charge in [-0.15, -0.1) is 0 Å². The van der Waals surface area contributed by atoms with Gasteiger partial charge in [0.05, 0.1) is 12.5 Å². The number of carbonyl (C=O) groups is 2. The van der Waals surface area contributed by atoms with Crippen molar-refractivity contribution in [2.75, 3.05) is 5.32 Å². The topological polar surface area (TPSA) is 121 Å². The molecule has 0 saturated heterocycles. The molecule has 3 rings (SSSR count). The minimum Gasteiger partial charge on any atom is -0.505 e. The van der Waals surface area contributed by atoms with Gasteiger partial charge in [-0.2, -0.15) is 0 Å². The maximum absolute atomic E-state index is 12.5. The molecular formula is C22H21N3O5. The number of carbonyl (C=O) groups excluding carboxylic acids is 1. The van der Waals surface area contributed by atoms with Crippen molar-refractivity contribution in [2.45, 2.75) is 12.5 Å². The van der Waals surface area contributed by atoms with E-state index < -0.39 is 23.6 Å². The summed E-state index contributed by atoms with van der Waals surface area (Å²) in [4.78, 5) is 36.0. The Kier molecular flexibility index (Phi) is 6.17. The van der Waals surface area contributed by atoms with E-state index in [0.29, 0.717) is 5.56 Å². The molecule has 1 unspecified atom stereocenters. The molecule has 154 valence electrons. The number of aryl methyl sites for hydroxylation is 1. The largest absolute Gasteiger partial charge is 0.505 e. The average molecular weight is 407 g/mol. The molecule has 0 saturated carbocycles. The summed E-state index contributed by atoms with van der Waals surface area (Å²) in [6, 6.07) is 16.4. The molecule has 0 aliphatic heterocycles. The van der Waals surface area contributed by atoms with Crippen LogP contribution in [0.1, 0.15) is 18.0 Å². The lowest BCUT2D eigenvalue weighted by molar-refractivity contribution is -0.137. The van der Waals surface area contributed by atoms with E-state index in [2.05, 4.69) is 10.6 Å². The number of aromatic hydroxyl groups is 1. The van der Waals surface area contributed by atoms with Crippen molar-refractivity contribution in [3.8, 4) is 16.9 Å². The molecule has 0 aliphatic rings. The minimum absolute atomic E-state index is 0.287. The van der Waals surface area contributed by atoms with E-state index in [0.717, 1.165) is 11.1 Å². The Hall–Kier alpha value is -4.07. The number of carboxylic acid groups (broad SMARTS) is 1. The summed E-state index contributed by atoms with van der Waals surface area (Å²) >= 11 is 0. The molecule has 1 heterocycles. The number of aliphatic carboxylic acids is 1. The van der Waals surface area contributed by atoms with Gasteiger partial charge in [0.25, 0.3) is 5.56 Å². The Balaban J connectivity index is 1.85. The van der Waals surface area contributed by atoms with Gasteiger partial charge in [0.2, 0.25) is 0 Å². The molecule has 0 aliphatic carbocycles. The number of aromatic nitrogens is 1. The fraction of sp³-hybridized carbons (Fsp3) is 0.136. The number of pyridine rings is 1. The van der Waals surface area contributed by atoms with E-state index in [1.54, 1.807) is 12.1 Å². The third-order valence-corrected chi connectivity index (χ3v) is 4.57. The smallest absolute Gasteiger partial charge is 0.319 e. The summed E-state index contributed by atoms with van der Waals surface area (Å²) in [5, 5.41) is 24.1. The molecule has 0 radical (unpaired) electrons. The van der Waals surface area contributed by atoms with Crippen LogP contribution in [0.5, 0.6) is 5.75 Å². The maximum Gasteiger partial charge on any atom is 0.319 e. The van der Waals surface area contributed by atoms with E-state index in [-0.39, 0.29) is 17.9 Å². The highest BCUT2D eigenvalue weighted by molar-refractivity contribution is 5.91. The van der Waals surface area contributed by atoms with Crippen molar-refractivity contribution in [1.82, 2.24) is 9.88 Å². The maximum atomic E-state index is 12.5. The minimum atomic E-state index is -1.09. The number of hydrogen-bond donors (Lipinski definition) is 4. The summed E-state index contributed by atoms with van der Waals surface area (Å²) in [5.41, 5.74) is 1.55. The van der Waals surface area contributed by atoms with E-state index in [1.807, 2.05) is 42.5 Å². The van der Waals surface area contributed by atoms with Crippen molar-refractivity contribution in [3.63, 3.8) is 0 Å². The first-order chi connectivity index (χ1) is 14.3. The molecule has 2 amide bonds. The Morgan fingerprint density at radius 1 is 1.03 bits per heavy atom. The van der Waals surface area contributed by atoms with Crippen LogP contribution in [-0.2, 0) is 11.8 Å². The van der Waals surface area contributed by atoms with E-state index in [4.69, 9.17) is 0 Å². The van der Waals surface area contributed by atoms with Gasteiger partial charge in [-0.05, 0) is 28.8 Å². The Labute approximate surface area is 172 Å². The molecule has 2 aromatic carbocycles. The summed E-state index contributed by atoms with van der Waals surface area (Å²) < 4.78 is 1.20. The second kappa shape index (κ2) is 8.95. The van der Waals surface area contributed by atoms with Crippen LogP contribution >= 0.6 is 0 Å². The molecule has 30 heavy (non-hydrogen) atoms. The van der Waals surface area contributed by atoms with Crippen LogP contribution in [0.2, 0.25) is 0 Å². The first kappa shape index (κ1) is 20.7. The molecule has 1 atom stereocenters. The number of carboxylic acids is 1. The van der Waals surface area contributed by atoms with Gasteiger partial charge in [0.1, 0.15) is 5.75 Å². The fourth-order valence-corrected chi connectivity index (χ4v) is 3.04.